The van der Waals surface area contributed by atoms with Gasteiger partial charge in [0.15, 0.2) is 0 Å². The van der Waals surface area contributed by atoms with Crippen LogP contribution < -0.4 is 5.32 Å². The molecule has 2 aromatic rings. The Morgan fingerprint density at radius 2 is 1.72 bits per heavy atom. The predicted octanol–water partition coefficient (Wildman–Crippen LogP) is 6.67. The molecule has 1 N–H and O–H groups in total. The summed E-state index contributed by atoms with van der Waals surface area (Å²) in [5.74, 6) is -0.600. The lowest BCUT2D eigenvalue weighted by atomic mass is 9.64. The molecule has 2 aromatic carbocycles. The highest BCUT2D eigenvalue weighted by Crippen LogP contribution is 2.71. The summed E-state index contributed by atoms with van der Waals surface area (Å²) in [5.41, 5.74) is 1.28. The molecule has 2 unspecified atom stereocenters. The maximum atomic E-state index is 13.6. The Kier molecular flexibility index (Phi) is 5.62. The van der Waals surface area contributed by atoms with Crippen molar-refractivity contribution in [2.45, 2.75) is 47.0 Å². The minimum Gasteiger partial charge on any atom is -0.325 e. The molecule has 0 aromatic heterocycles. The largest absolute Gasteiger partial charge is 0.365 e. The number of benzene rings is 2. The zero-order chi connectivity index (χ0) is 23.3. The molecule has 0 aliphatic heterocycles. The van der Waals surface area contributed by atoms with E-state index in [-0.39, 0.29) is 16.7 Å². The van der Waals surface area contributed by atoms with Crippen LogP contribution in [0.3, 0.4) is 0 Å². The normalized spacial score (nSPS) is 26.9. The minimum atomic E-state index is -0.651. The summed E-state index contributed by atoms with van der Waals surface area (Å²) in [4.78, 5) is 31.4. The van der Waals surface area contributed by atoms with Crippen LogP contribution in [0.1, 0.15) is 56.0 Å². The number of carbonyl (C=O) groups is 2. The quantitative estimate of drug-likeness (QED) is 0.398. The molecular formula is C25H26Cl2N2O3. The highest BCUT2D eigenvalue weighted by molar-refractivity contribution is 6.32. The fraction of sp³-hybridized carbons (Fsp3) is 0.400. The second kappa shape index (κ2) is 7.89. The summed E-state index contributed by atoms with van der Waals surface area (Å²) in [6.45, 7) is 8.20. The molecule has 32 heavy (non-hydrogen) atoms. The summed E-state index contributed by atoms with van der Waals surface area (Å²) >= 11 is 12.1. The first-order valence-electron chi connectivity index (χ1n) is 10.6. The standard InChI is InChI=1S/C25H26Cl2N2O3/c1-15-18(27)6-5-7-19(15)28-22(31)25-13-12-24(4,23(25,2)3)20(14-25)29-32-21(30)16-8-10-17(26)11-9-16/h5-11H,12-14H2,1-4H3,(H,28,31)/b29-20-. The maximum Gasteiger partial charge on any atom is 0.365 e. The van der Waals surface area contributed by atoms with Gasteiger partial charge in [-0.05, 0) is 67.1 Å². The van der Waals surface area contributed by atoms with E-state index in [0.717, 1.165) is 24.1 Å². The topological polar surface area (TPSA) is 67.8 Å². The van der Waals surface area contributed by atoms with Crippen LogP contribution in [0.15, 0.2) is 47.6 Å². The molecule has 0 heterocycles. The molecule has 2 atom stereocenters. The van der Waals surface area contributed by atoms with Crippen molar-refractivity contribution in [1.82, 2.24) is 0 Å². The van der Waals surface area contributed by atoms with E-state index in [1.165, 1.54) is 0 Å². The number of nitrogens with one attached hydrogen (secondary N) is 1. The van der Waals surface area contributed by atoms with Crippen LogP contribution in [0.4, 0.5) is 5.69 Å². The van der Waals surface area contributed by atoms with Gasteiger partial charge in [0.05, 0.1) is 16.7 Å². The van der Waals surface area contributed by atoms with Crippen molar-refractivity contribution in [2.24, 2.45) is 21.4 Å². The van der Waals surface area contributed by atoms with Crippen LogP contribution in [0.5, 0.6) is 0 Å². The molecule has 2 aliphatic carbocycles. The zero-order valence-electron chi connectivity index (χ0n) is 18.6. The van der Waals surface area contributed by atoms with Crippen molar-refractivity contribution in [3.63, 3.8) is 0 Å². The number of hydrogen-bond donors (Lipinski definition) is 1. The smallest absolute Gasteiger partial charge is 0.325 e. The third-order valence-corrected chi connectivity index (χ3v) is 8.66. The van der Waals surface area contributed by atoms with E-state index in [1.807, 2.05) is 19.1 Å². The van der Waals surface area contributed by atoms with E-state index in [9.17, 15) is 9.59 Å². The molecule has 1 amide bonds. The molecule has 2 fully saturated rings. The molecule has 0 spiro atoms. The Morgan fingerprint density at radius 1 is 1.03 bits per heavy atom. The van der Waals surface area contributed by atoms with E-state index in [0.29, 0.717) is 27.7 Å². The van der Waals surface area contributed by atoms with E-state index in [1.54, 1.807) is 30.3 Å². The van der Waals surface area contributed by atoms with Gasteiger partial charge in [-0.3, -0.25) is 4.79 Å². The van der Waals surface area contributed by atoms with E-state index in [4.69, 9.17) is 28.0 Å². The van der Waals surface area contributed by atoms with Gasteiger partial charge in [0.25, 0.3) is 0 Å². The Bertz CT molecular complexity index is 1130. The molecule has 168 valence electrons. The molecule has 2 saturated carbocycles. The number of oxime groups is 1. The number of nitrogens with zero attached hydrogens (tertiary/aromatic N) is 1. The van der Waals surface area contributed by atoms with Gasteiger partial charge in [0.2, 0.25) is 5.91 Å². The Labute approximate surface area is 198 Å². The lowest BCUT2D eigenvalue weighted by Crippen LogP contribution is -2.43. The number of carbonyl (C=O) groups excluding carboxylic acids is 2. The number of fused-ring (bicyclic) bond motifs is 2. The monoisotopic (exact) mass is 472 g/mol. The molecule has 0 saturated heterocycles. The predicted molar refractivity (Wildman–Crippen MR) is 127 cm³/mol. The van der Waals surface area contributed by atoms with Crippen LogP contribution >= 0.6 is 23.2 Å². The van der Waals surface area contributed by atoms with Crippen molar-refractivity contribution in [2.75, 3.05) is 5.32 Å². The second-order valence-electron chi connectivity index (χ2n) is 9.51. The average molecular weight is 473 g/mol. The Hall–Kier alpha value is -2.37. The van der Waals surface area contributed by atoms with Crippen molar-refractivity contribution in [3.8, 4) is 0 Å². The molecule has 4 rings (SSSR count). The molecule has 2 bridgehead atoms. The molecule has 5 nitrogen and oxygen atoms in total. The third-order valence-electron chi connectivity index (χ3n) is 8.00. The second-order valence-corrected chi connectivity index (χ2v) is 10.3. The van der Waals surface area contributed by atoms with Crippen molar-refractivity contribution < 1.29 is 14.4 Å². The SMILES string of the molecule is Cc1c(Cl)cccc1NC(=O)C12CCC(C)(/C(=N\OC(=O)c3ccc(Cl)cc3)C1)C2(C)C. The van der Waals surface area contributed by atoms with Crippen molar-refractivity contribution >= 4 is 46.5 Å². The van der Waals surface area contributed by atoms with Crippen LogP contribution in [0, 0.1) is 23.2 Å². The minimum absolute atomic E-state index is 0.0502. The van der Waals surface area contributed by atoms with Crippen LogP contribution in [-0.4, -0.2) is 17.6 Å². The average Bonchev–Trinajstić information content (AvgIpc) is 3.06. The van der Waals surface area contributed by atoms with Crippen LogP contribution in [-0.2, 0) is 9.63 Å². The van der Waals surface area contributed by atoms with Gasteiger partial charge in [-0.2, -0.15) is 0 Å². The molecule has 0 radical (unpaired) electrons. The molecule has 7 heteroatoms. The van der Waals surface area contributed by atoms with Gasteiger partial charge in [-0.1, -0.05) is 55.2 Å². The van der Waals surface area contributed by atoms with Gasteiger partial charge in [0, 0.05) is 27.6 Å². The molecule has 2 aliphatic rings. The third kappa shape index (κ3) is 3.34. The number of rotatable bonds is 4. The summed E-state index contributed by atoms with van der Waals surface area (Å²) in [5, 5.41) is 8.52. The van der Waals surface area contributed by atoms with Gasteiger partial charge >= 0.3 is 5.97 Å². The van der Waals surface area contributed by atoms with Gasteiger partial charge in [-0.15, -0.1) is 0 Å². The first-order chi connectivity index (χ1) is 15.0. The number of halogens is 2. The highest BCUT2D eigenvalue weighted by Gasteiger charge is 2.71. The number of anilines is 1. The van der Waals surface area contributed by atoms with Crippen molar-refractivity contribution in [1.29, 1.82) is 0 Å². The maximum absolute atomic E-state index is 13.6. The fourth-order valence-corrected chi connectivity index (χ4v) is 5.54. The van der Waals surface area contributed by atoms with E-state index >= 15 is 0 Å². The Morgan fingerprint density at radius 3 is 2.41 bits per heavy atom. The first kappa shape index (κ1) is 22.8. The van der Waals surface area contributed by atoms with E-state index in [2.05, 4.69) is 31.2 Å². The highest BCUT2D eigenvalue weighted by atomic mass is 35.5. The lowest BCUT2D eigenvalue weighted by Gasteiger charge is -2.39. The lowest BCUT2D eigenvalue weighted by molar-refractivity contribution is -0.130. The fourth-order valence-electron chi connectivity index (χ4n) is 5.24. The van der Waals surface area contributed by atoms with Gasteiger partial charge < -0.3 is 10.2 Å². The first-order valence-corrected chi connectivity index (χ1v) is 11.4. The van der Waals surface area contributed by atoms with Gasteiger partial charge in [0.1, 0.15) is 0 Å². The number of amides is 1. The summed E-state index contributed by atoms with van der Waals surface area (Å²) in [6, 6.07) is 11.9. The molecular weight excluding hydrogens is 447 g/mol. The summed E-state index contributed by atoms with van der Waals surface area (Å²) in [7, 11) is 0. The van der Waals surface area contributed by atoms with E-state index < -0.39 is 11.4 Å². The van der Waals surface area contributed by atoms with Crippen molar-refractivity contribution in [3.05, 3.63) is 63.6 Å². The Balaban J connectivity index is 1.60. The summed E-state index contributed by atoms with van der Waals surface area (Å²) in [6.07, 6.45) is 1.97. The summed E-state index contributed by atoms with van der Waals surface area (Å²) < 4.78 is 0. The van der Waals surface area contributed by atoms with Gasteiger partial charge in [-0.25, -0.2) is 4.79 Å². The zero-order valence-corrected chi connectivity index (χ0v) is 20.1. The van der Waals surface area contributed by atoms with Crippen LogP contribution in [0.25, 0.3) is 0 Å². The van der Waals surface area contributed by atoms with Crippen LogP contribution in [0.2, 0.25) is 10.0 Å². The number of hydrogen-bond acceptors (Lipinski definition) is 4.